The largest absolute Gasteiger partial charge is 0.455 e. The number of hydrogen-bond donors (Lipinski definition) is 0. The van der Waals surface area contributed by atoms with E-state index in [0.717, 1.165) is 55.5 Å². The van der Waals surface area contributed by atoms with E-state index in [1.165, 1.54) is 49.9 Å². The molecule has 1 aromatic heterocycles. The molecule has 0 radical (unpaired) electrons. The minimum absolute atomic E-state index is 0.525. The highest BCUT2D eigenvalue weighted by molar-refractivity contribution is 6.26. The van der Waals surface area contributed by atoms with Gasteiger partial charge in [-0.15, -0.1) is 0 Å². The van der Waals surface area contributed by atoms with E-state index < -0.39 is 5.41 Å². The Balaban J connectivity index is 1.12. The summed E-state index contributed by atoms with van der Waals surface area (Å²) in [5.74, 6) is 0. The second kappa shape index (κ2) is 14.1. The van der Waals surface area contributed by atoms with Crippen LogP contribution in [-0.4, -0.2) is 0 Å². The molecule has 0 unspecified atom stereocenters. The Kier molecular flexibility index (Phi) is 8.11. The van der Waals surface area contributed by atoms with Gasteiger partial charge in [0.25, 0.3) is 0 Å². The fourth-order valence-electron chi connectivity index (χ4n) is 10.1. The zero-order valence-corrected chi connectivity index (χ0v) is 33.4. The van der Waals surface area contributed by atoms with Crippen molar-refractivity contribution in [2.24, 2.45) is 0 Å². The summed E-state index contributed by atoms with van der Waals surface area (Å²) in [5.41, 5.74) is 16.6. The van der Waals surface area contributed by atoms with Gasteiger partial charge in [-0.3, -0.25) is 0 Å². The third-order valence-corrected chi connectivity index (χ3v) is 12.7. The molecule has 61 heavy (non-hydrogen) atoms. The van der Waals surface area contributed by atoms with Crippen LogP contribution in [0.3, 0.4) is 0 Å². The number of para-hydroxylation sites is 1. The third-order valence-electron chi connectivity index (χ3n) is 12.7. The van der Waals surface area contributed by atoms with Crippen molar-refractivity contribution in [1.82, 2.24) is 0 Å². The van der Waals surface area contributed by atoms with Crippen molar-refractivity contribution in [3.8, 4) is 33.4 Å². The van der Waals surface area contributed by atoms with E-state index in [2.05, 4.69) is 241 Å². The Labute approximate surface area is 355 Å². The minimum Gasteiger partial charge on any atom is -0.455 e. The van der Waals surface area contributed by atoms with E-state index in [0.29, 0.717) is 0 Å². The Morgan fingerprint density at radius 2 is 0.951 bits per heavy atom. The highest BCUT2D eigenvalue weighted by atomic mass is 16.3. The van der Waals surface area contributed by atoms with Crippen LogP contribution in [0.1, 0.15) is 22.3 Å². The summed E-state index contributed by atoms with van der Waals surface area (Å²) in [6.07, 6.45) is 0. The molecule has 0 bridgehead atoms. The van der Waals surface area contributed by atoms with E-state index in [-0.39, 0.29) is 0 Å². The van der Waals surface area contributed by atoms with Gasteiger partial charge in [0, 0.05) is 22.3 Å². The number of rotatable bonds is 7. The van der Waals surface area contributed by atoms with Gasteiger partial charge in [0.1, 0.15) is 11.2 Å². The maximum atomic E-state index is 7.06. The Morgan fingerprint density at radius 1 is 0.361 bits per heavy atom. The van der Waals surface area contributed by atoms with Crippen molar-refractivity contribution in [2.45, 2.75) is 5.41 Å². The summed E-state index contributed by atoms with van der Waals surface area (Å²) in [5, 5.41) is 4.54. The molecule has 1 aliphatic carbocycles. The van der Waals surface area contributed by atoms with Crippen LogP contribution in [0.2, 0.25) is 0 Å². The van der Waals surface area contributed by atoms with Crippen LogP contribution >= 0.6 is 0 Å². The lowest BCUT2D eigenvalue weighted by Crippen LogP contribution is -2.28. The molecule has 11 aromatic rings. The van der Waals surface area contributed by atoms with Crippen LogP contribution < -0.4 is 4.90 Å². The van der Waals surface area contributed by atoms with Crippen LogP contribution in [-0.2, 0) is 5.41 Å². The molecular formula is C59H39NO. The van der Waals surface area contributed by atoms with Gasteiger partial charge in [-0.05, 0) is 103 Å². The van der Waals surface area contributed by atoms with Gasteiger partial charge in [0.2, 0.25) is 0 Å². The van der Waals surface area contributed by atoms with Crippen molar-refractivity contribution in [1.29, 1.82) is 0 Å². The first kappa shape index (κ1) is 35.0. The van der Waals surface area contributed by atoms with E-state index in [1.807, 2.05) is 0 Å². The van der Waals surface area contributed by atoms with E-state index in [4.69, 9.17) is 4.42 Å². The van der Waals surface area contributed by atoms with Gasteiger partial charge in [0.15, 0.2) is 0 Å². The monoisotopic (exact) mass is 777 g/mol. The van der Waals surface area contributed by atoms with Crippen molar-refractivity contribution >= 4 is 49.8 Å². The van der Waals surface area contributed by atoms with Crippen molar-refractivity contribution in [3.05, 3.63) is 259 Å². The van der Waals surface area contributed by atoms with Crippen molar-refractivity contribution in [3.63, 3.8) is 0 Å². The summed E-state index contributed by atoms with van der Waals surface area (Å²) in [6.45, 7) is 0. The van der Waals surface area contributed by atoms with Gasteiger partial charge >= 0.3 is 0 Å². The summed E-state index contributed by atoms with van der Waals surface area (Å²) in [7, 11) is 0. The zero-order chi connectivity index (χ0) is 40.3. The van der Waals surface area contributed by atoms with Crippen LogP contribution in [0.5, 0.6) is 0 Å². The molecule has 0 saturated carbocycles. The number of hydrogen-bond acceptors (Lipinski definition) is 2. The first-order valence-electron chi connectivity index (χ1n) is 21.0. The Bertz CT molecular complexity index is 3350. The summed E-state index contributed by atoms with van der Waals surface area (Å²) in [6, 6.07) is 85.8. The molecule has 0 fully saturated rings. The van der Waals surface area contributed by atoms with Gasteiger partial charge in [0.05, 0.1) is 16.5 Å². The average Bonchev–Trinajstić information content (AvgIpc) is 3.88. The first-order chi connectivity index (χ1) is 30.3. The second-order valence-corrected chi connectivity index (χ2v) is 16.0. The number of furan rings is 1. The molecule has 0 saturated heterocycles. The van der Waals surface area contributed by atoms with Gasteiger partial charge < -0.3 is 9.32 Å². The van der Waals surface area contributed by atoms with E-state index in [9.17, 15) is 0 Å². The number of anilines is 3. The van der Waals surface area contributed by atoms with Gasteiger partial charge in [-0.25, -0.2) is 0 Å². The van der Waals surface area contributed by atoms with E-state index >= 15 is 0 Å². The van der Waals surface area contributed by atoms with Gasteiger partial charge in [-0.1, -0.05) is 194 Å². The van der Waals surface area contributed by atoms with Crippen LogP contribution in [0.15, 0.2) is 241 Å². The molecule has 2 heteroatoms. The van der Waals surface area contributed by atoms with Gasteiger partial charge in [-0.2, -0.15) is 0 Å². The molecule has 10 aromatic carbocycles. The first-order valence-corrected chi connectivity index (χ1v) is 21.0. The molecule has 0 atom stereocenters. The van der Waals surface area contributed by atoms with E-state index in [1.54, 1.807) is 0 Å². The molecule has 0 aliphatic heterocycles. The zero-order valence-electron chi connectivity index (χ0n) is 33.4. The topological polar surface area (TPSA) is 16.4 Å². The Hall–Kier alpha value is -7.94. The third kappa shape index (κ3) is 5.43. The normalized spacial score (nSPS) is 12.7. The molecule has 286 valence electrons. The lowest BCUT2D eigenvalue weighted by atomic mass is 9.67. The SMILES string of the molecule is c1ccc(-c2ccc(-c3cc4ccccc4c4c3oc3cccc(N(c5ccccc5)c5ccc6c(c5)C(c5ccccc5)(c5ccccc5)c5ccccc5-6)c34)cc2)cc1. The summed E-state index contributed by atoms with van der Waals surface area (Å²) < 4.78 is 7.06. The molecule has 0 N–H and O–H groups in total. The molecule has 2 nitrogen and oxygen atoms in total. The second-order valence-electron chi connectivity index (χ2n) is 16.0. The van der Waals surface area contributed by atoms with Crippen LogP contribution in [0.25, 0.3) is 66.1 Å². The number of benzene rings is 10. The standard InChI is InChI=1S/C59H39NO/c1-5-18-40(19-6-1)41-32-34-42(35-33-41)51-38-43-20-13-14-27-48(43)56-57-54(30-17-31-55(57)61-58(51)56)60(46-25-11-4-12-26-46)47-36-37-50-49-28-15-16-29-52(49)59(53(50)39-47,44-21-7-2-8-22-44)45-23-9-3-10-24-45/h1-39H. The molecule has 1 aliphatic rings. The maximum Gasteiger partial charge on any atom is 0.143 e. The molecule has 0 amide bonds. The predicted molar refractivity (Wildman–Crippen MR) is 254 cm³/mol. The molecule has 1 heterocycles. The number of fused-ring (bicyclic) bond motifs is 8. The highest BCUT2D eigenvalue weighted by Gasteiger charge is 2.46. The molecule has 0 spiro atoms. The summed E-state index contributed by atoms with van der Waals surface area (Å²) >= 11 is 0. The van der Waals surface area contributed by atoms with Crippen molar-refractivity contribution < 1.29 is 4.42 Å². The Morgan fingerprint density at radius 3 is 1.69 bits per heavy atom. The number of nitrogens with zero attached hydrogens (tertiary/aromatic N) is 1. The quantitative estimate of drug-likeness (QED) is 0.160. The van der Waals surface area contributed by atoms with Crippen LogP contribution in [0.4, 0.5) is 17.1 Å². The molecule has 12 rings (SSSR count). The smallest absolute Gasteiger partial charge is 0.143 e. The lowest BCUT2D eigenvalue weighted by Gasteiger charge is -2.35. The fraction of sp³-hybridized carbons (Fsp3) is 0.0169. The fourth-order valence-corrected chi connectivity index (χ4v) is 10.1. The average molecular weight is 778 g/mol. The predicted octanol–water partition coefficient (Wildman–Crippen LogP) is 15.9. The summed E-state index contributed by atoms with van der Waals surface area (Å²) in [4.78, 5) is 2.43. The lowest BCUT2D eigenvalue weighted by molar-refractivity contribution is 0.670. The van der Waals surface area contributed by atoms with Crippen molar-refractivity contribution in [2.75, 3.05) is 4.90 Å². The molecular weight excluding hydrogens is 739 g/mol. The minimum atomic E-state index is -0.525. The van der Waals surface area contributed by atoms with Crippen LogP contribution in [0, 0.1) is 0 Å². The maximum absolute atomic E-state index is 7.06. The highest BCUT2D eigenvalue weighted by Crippen LogP contribution is 2.57.